The molecule has 3 heterocycles. The first-order valence-corrected chi connectivity index (χ1v) is 18.8. The Morgan fingerprint density at radius 2 is 1.11 bits per heavy atom. The maximum atomic E-state index is 6.50. The largest absolute Gasteiger partial charge is 0.456 e. The summed E-state index contributed by atoms with van der Waals surface area (Å²) >= 11 is 1.78. The summed E-state index contributed by atoms with van der Waals surface area (Å²) < 4.78 is 8.92. The van der Waals surface area contributed by atoms with Crippen LogP contribution in [0.2, 0.25) is 0 Å². The fourth-order valence-electron chi connectivity index (χ4n) is 8.35. The van der Waals surface area contributed by atoms with Crippen molar-refractivity contribution in [3.63, 3.8) is 0 Å². The summed E-state index contributed by atoms with van der Waals surface area (Å²) in [4.78, 5) is 15.5. The van der Waals surface area contributed by atoms with E-state index in [1.165, 1.54) is 48.0 Å². The molecule has 0 aliphatic heterocycles. The fourth-order valence-corrected chi connectivity index (χ4v) is 9.56. The third-order valence-corrected chi connectivity index (χ3v) is 12.2. The topological polar surface area (TPSA) is 51.8 Å². The zero-order chi connectivity index (χ0) is 35.3. The number of benzene rings is 7. The van der Waals surface area contributed by atoms with Crippen LogP contribution in [0.25, 0.3) is 98.5 Å². The molecule has 10 aromatic rings. The number of furan rings is 1. The molecule has 0 spiro atoms. The molecule has 1 aliphatic rings. The van der Waals surface area contributed by atoms with Gasteiger partial charge in [0.2, 0.25) is 0 Å². The van der Waals surface area contributed by atoms with Crippen LogP contribution in [0.3, 0.4) is 0 Å². The van der Waals surface area contributed by atoms with Crippen LogP contribution in [0.5, 0.6) is 0 Å². The van der Waals surface area contributed by atoms with Gasteiger partial charge in [0.1, 0.15) is 11.2 Å². The van der Waals surface area contributed by atoms with Crippen LogP contribution < -0.4 is 0 Å². The van der Waals surface area contributed by atoms with Gasteiger partial charge in [0.05, 0.1) is 0 Å². The van der Waals surface area contributed by atoms with Crippen molar-refractivity contribution in [3.8, 4) is 56.4 Å². The van der Waals surface area contributed by atoms with Crippen LogP contribution >= 0.6 is 11.3 Å². The number of aromatic nitrogens is 3. The molecule has 53 heavy (non-hydrogen) atoms. The van der Waals surface area contributed by atoms with Crippen LogP contribution in [0.1, 0.15) is 25.0 Å². The molecule has 7 aromatic carbocycles. The lowest BCUT2D eigenvalue weighted by atomic mass is 9.82. The van der Waals surface area contributed by atoms with Crippen molar-refractivity contribution in [1.82, 2.24) is 15.0 Å². The van der Waals surface area contributed by atoms with Crippen LogP contribution in [0, 0.1) is 0 Å². The number of hydrogen-bond donors (Lipinski definition) is 0. The maximum Gasteiger partial charge on any atom is 0.165 e. The molecular formula is C48H31N3OS. The minimum absolute atomic E-state index is 0.0332. The molecule has 0 atom stereocenters. The summed E-state index contributed by atoms with van der Waals surface area (Å²) in [6.07, 6.45) is 0. The highest BCUT2D eigenvalue weighted by Gasteiger charge is 2.35. The third kappa shape index (κ3) is 4.57. The molecule has 0 saturated heterocycles. The first-order chi connectivity index (χ1) is 26.0. The maximum absolute atomic E-state index is 6.50. The molecule has 1 aliphatic carbocycles. The second-order valence-electron chi connectivity index (χ2n) is 14.4. The Bertz CT molecular complexity index is 3100. The summed E-state index contributed by atoms with van der Waals surface area (Å²) in [5, 5.41) is 4.48. The van der Waals surface area contributed by atoms with Crippen molar-refractivity contribution in [3.05, 3.63) is 163 Å². The molecule has 3 aromatic heterocycles. The number of thiophene rings is 1. The third-order valence-electron chi connectivity index (χ3n) is 11.0. The Morgan fingerprint density at radius 1 is 0.453 bits per heavy atom. The van der Waals surface area contributed by atoms with E-state index in [1.54, 1.807) is 11.3 Å². The van der Waals surface area contributed by atoms with E-state index in [2.05, 4.69) is 135 Å². The quantitative estimate of drug-likeness (QED) is 0.184. The van der Waals surface area contributed by atoms with Crippen molar-refractivity contribution in [2.75, 3.05) is 0 Å². The highest BCUT2D eigenvalue weighted by Crippen LogP contribution is 2.50. The van der Waals surface area contributed by atoms with E-state index < -0.39 is 0 Å². The van der Waals surface area contributed by atoms with Crippen molar-refractivity contribution < 1.29 is 4.42 Å². The second-order valence-corrected chi connectivity index (χ2v) is 15.4. The van der Waals surface area contributed by atoms with Crippen molar-refractivity contribution in [1.29, 1.82) is 0 Å². The summed E-state index contributed by atoms with van der Waals surface area (Å²) in [6, 6.07) is 53.6. The zero-order valence-corrected chi connectivity index (χ0v) is 29.9. The predicted molar refractivity (Wildman–Crippen MR) is 219 cm³/mol. The van der Waals surface area contributed by atoms with Gasteiger partial charge >= 0.3 is 0 Å². The van der Waals surface area contributed by atoms with E-state index in [4.69, 9.17) is 19.4 Å². The smallest absolute Gasteiger partial charge is 0.165 e. The lowest BCUT2D eigenvalue weighted by molar-refractivity contribution is 0.660. The summed E-state index contributed by atoms with van der Waals surface area (Å²) in [7, 11) is 0. The molecule has 0 N–H and O–H groups in total. The molecule has 4 nitrogen and oxygen atoms in total. The van der Waals surface area contributed by atoms with E-state index >= 15 is 0 Å². The first kappa shape index (κ1) is 30.2. The molecule has 0 saturated carbocycles. The van der Waals surface area contributed by atoms with Crippen LogP contribution in [0.15, 0.2) is 156 Å². The zero-order valence-electron chi connectivity index (χ0n) is 29.1. The molecule has 0 bridgehead atoms. The monoisotopic (exact) mass is 697 g/mol. The molecule has 11 rings (SSSR count). The Morgan fingerprint density at radius 3 is 2.02 bits per heavy atom. The van der Waals surface area contributed by atoms with E-state index in [-0.39, 0.29) is 5.41 Å². The lowest BCUT2D eigenvalue weighted by Gasteiger charge is -2.21. The highest BCUT2D eigenvalue weighted by molar-refractivity contribution is 7.26. The normalized spacial score (nSPS) is 13.2. The molecule has 0 fully saturated rings. The Kier molecular flexibility index (Phi) is 6.43. The molecule has 0 unspecified atom stereocenters. The SMILES string of the molecule is CC1(C)c2ccccc2-c2cc(-c3ccc4oc5cccc(-c6nc(-c7ccccc7)nc(-c7cccc8c7sc7ccccc78)n6)c5c4c3)ccc21. The standard InChI is InChI=1S/C48H31N3OS/c1-48(2)38-19-8-6-14-31(38)36-26-29(22-24-39(36)48)30-23-25-40-37(27-30)43-34(17-11-20-41(43)52-40)46-49-45(28-12-4-3-5-13-28)50-47(51-46)35-18-10-16-33-32-15-7-9-21-42(32)53-44(33)35/h3-27H,1-2H3. The van der Waals surface area contributed by atoms with E-state index in [0.29, 0.717) is 17.5 Å². The van der Waals surface area contributed by atoms with Gasteiger partial charge in [0.25, 0.3) is 0 Å². The van der Waals surface area contributed by atoms with Gasteiger partial charge in [-0.15, -0.1) is 11.3 Å². The number of hydrogen-bond acceptors (Lipinski definition) is 5. The van der Waals surface area contributed by atoms with Crippen LogP contribution in [0.4, 0.5) is 0 Å². The van der Waals surface area contributed by atoms with Gasteiger partial charge in [0.15, 0.2) is 17.5 Å². The minimum atomic E-state index is -0.0332. The van der Waals surface area contributed by atoms with Crippen LogP contribution in [-0.2, 0) is 5.41 Å². The summed E-state index contributed by atoms with van der Waals surface area (Å²) in [5.41, 5.74) is 12.1. The molecule has 5 heteroatoms. The van der Waals surface area contributed by atoms with Crippen LogP contribution in [-0.4, -0.2) is 15.0 Å². The summed E-state index contributed by atoms with van der Waals surface area (Å²) in [6.45, 7) is 4.64. The van der Waals surface area contributed by atoms with E-state index in [9.17, 15) is 0 Å². The predicted octanol–water partition coefficient (Wildman–Crippen LogP) is 13.1. The average Bonchev–Trinajstić information content (AvgIpc) is 3.85. The lowest BCUT2D eigenvalue weighted by Crippen LogP contribution is -2.14. The number of fused-ring (bicyclic) bond motifs is 9. The Hall–Kier alpha value is -6.43. The number of nitrogens with zero attached hydrogens (tertiary/aromatic N) is 3. The van der Waals surface area contributed by atoms with Gasteiger partial charge in [-0.3, -0.25) is 0 Å². The Balaban J connectivity index is 1.11. The van der Waals surface area contributed by atoms with E-state index in [0.717, 1.165) is 44.2 Å². The second kappa shape index (κ2) is 11.3. The fraction of sp³-hybridized carbons (Fsp3) is 0.0625. The molecule has 250 valence electrons. The van der Waals surface area contributed by atoms with Gasteiger partial charge in [-0.05, 0) is 69.8 Å². The summed E-state index contributed by atoms with van der Waals surface area (Å²) in [5.74, 6) is 1.90. The van der Waals surface area contributed by atoms with Gasteiger partial charge in [-0.2, -0.15) is 0 Å². The van der Waals surface area contributed by atoms with Crippen molar-refractivity contribution in [2.24, 2.45) is 0 Å². The molecular weight excluding hydrogens is 667 g/mol. The highest BCUT2D eigenvalue weighted by atomic mass is 32.1. The minimum Gasteiger partial charge on any atom is -0.456 e. The van der Waals surface area contributed by atoms with E-state index in [1.807, 2.05) is 30.3 Å². The van der Waals surface area contributed by atoms with Gasteiger partial charge in [-0.1, -0.05) is 129 Å². The number of rotatable bonds is 4. The van der Waals surface area contributed by atoms with Gasteiger partial charge in [0, 0.05) is 53.1 Å². The Labute approximate surface area is 310 Å². The average molecular weight is 698 g/mol. The van der Waals surface area contributed by atoms with Crippen molar-refractivity contribution >= 4 is 53.4 Å². The van der Waals surface area contributed by atoms with Gasteiger partial charge < -0.3 is 4.42 Å². The van der Waals surface area contributed by atoms with Crippen molar-refractivity contribution in [2.45, 2.75) is 19.3 Å². The molecule has 0 amide bonds. The first-order valence-electron chi connectivity index (χ1n) is 17.9. The molecule has 0 radical (unpaired) electrons. The van der Waals surface area contributed by atoms with Gasteiger partial charge in [-0.25, -0.2) is 15.0 Å².